The molecule has 0 saturated carbocycles. The van der Waals surface area contributed by atoms with E-state index in [9.17, 15) is 0 Å². The van der Waals surface area contributed by atoms with Crippen molar-refractivity contribution in [2.75, 3.05) is 0 Å². The van der Waals surface area contributed by atoms with Crippen LogP contribution >= 0.6 is 11.6 Å². The summed E-state index contributed by atoms with van der Waals surface area (Å²) in [5.74, 6) is 0.742. The van der Waals surface area contributed by atoms with E-state index in [1.165, 1.54) is 16.7 Å². The summed E-state index contributed by atoms with van der Waals surface area (Å²) in [4.78, 5) is 9.04. The minimum atomic E-state index is 0.521. The van der Waals surface area contributed by atoms with Gasteiger partial charge in [0, 0.05) is 11.3 Å². The Bertz CT molecular complexity index is 583. The van der Waals surface area contributed by atoms with E-state index in [0.29, 0.717) is 5.15 Å². The lowest BCUT2D eigenvalue weighted by atomic mass is 9.99. The van der Waals surface area contributed by atoms with E-state index < -0.39 is 0 Å². The van der Waals surface area contributed by atoms with Gasteiger partial charge in [-0.3, -0.25) is 0 Å². The summed E-state index contributed by atoms with van der Waals surface area (Å²) in [5, 5.41) is 0.521. The fraction of sp³-hybridized carbons (Fsp3) is 0.375. The van der Waals surface area contributed by atoms with E-state index in [-0.39, 0.29) is 0 Å². The predicted octanol–water partition coefficient (Wildman–Crippen LogP) is 4.67. The zero-order valence-electron chi connectivity index (χ0n) is 11.9. The molecule has 0 radical (unpaired) electrons. The topological polar surface area (TPSA) is 25.8 Å². The summed E-state index contributed by atoms with van der Waals surface area (Å²) in [6.07, 6.45) is 1.98. The fourth-order valence-corrected chi connectivity index (χ4v) is 2.70. The highest BCUT2D eigenvalue weighted by Gasteiger charge is 2.11. The average molecular weight is 275 g/mol. The smallest absolute Gasteiger partial charge is 0.161 e. The molecule has 0 saturated heterocycles. The number of hydrogen-bond acceptors (Lipinski definition) is 2. The molecule has 0 amide bonds. The van der Waals surface area contributed by atoms with Crippen molar-refractivity contribution in [2.24, 2.45) is 0 Å². The Hall–Kier alpha value is -1.41. The molecule has 1 heterocycles. The molecule has 1 aromatic carbocycles. The van der Waals surface area contributed by atoms with Crippen molar-refractivity contribution in [2.45, 2.75) is 40.5 Å². The molecule has 0 aliphatic heterocycles. The molecule has 2 rings (SSSR count). The molecule has 0 fully saturated rings. The number of rotatable bonds is 3. The van der Waals surface area contributed by atoms with Gasteiger partial charge in [-0.2, -0.15) is 0 Å². The van der Waals surface area contributed by atoms with Gasteiger partial charge in [0.05, 0.1) is 0 Å². The van der Waals surface area contributed by atoms with E-state index >= 15 is 0 Å². The summed E-state index contributed by atoms with van der Waals surface area (Å²) >= 11 is 6.12. The first-order valence-corrected chi connectivity index (χ1v) is 7.00. The lowest BCUT2D eigenvalue weighted by Gasteiger charge is -2.11. The van der Waals surface area contributed by atoms with Gasteiger partial charge < -0.3 is 0 Å². The van der Waals surface area contributed by atoms with Gasteiger partial charge in [0.1, 0.15) is 5.15 Å². The Labute approximate surface area is 119 Å². The van der Waals surface area contributed by atoms with Crippen molar-refractivity contribution < 1.29 is 0 Å². The Morgan fingerprint density at radius 2 is 1.63 bits per heavy atom. The first-order chi connectivity index (χ1) is 9.01. The van der Waals surface area contributed by atoms with Crippen molar-refractivity contribution in [3.05, 3.63) is 45.7 Å². The maximum absolute atomic E-state index is 6.12. The van der Waals surface area contributed by atoms with Gasteiger partial charge in [-0.1, -0.05) is 42.6 Å². The van der Waals surface area contributed by atoms with Crippen molar-refractivity contribution in [3.63, 3.8) is 0 Å². The van der Waals surface area contributed by atoms with Crippen molar-refractivity contribution in [1.82, 2.24) is 9.97 Å². The number of halogens is 1. The number of hydrogen-bond donors (Lipinski definition) is 0. The first kappa shape index (κ1) is 14.0. The lowest BCUT2D eigenvalue weighted by Crippen LogP contribution is -1.99. The molecule has 0 aliphatic carbocycles. The summed E-state index contributed by atoms with van der Waals surface area (Å²) < 4.78 is 0. The van der Waals surface area contributed by atoms with E-state index in [0.717, 1.165) is 29.9 Å². The molecule has 0 bridgehead atoms. The van der Waals surface area contributed by atoms with Gasteiger partial charge in [0.15, 0.2) is 5.82 Å². The predicted molar refractivity (Wildman–Crippen MR) is 80.7 cm³/mol. The SMILES string of the molecule is CCCc1cc(Cl)nc(-c2c(C)cc(C)cc2C)n1. The summed E-state index contributed by atoms with van der Waals surface area (Å²) in [7, 11) is 0. The van der Waals surface area contributed by atoms with Gasteiger partial charge in [0.2, 0.25) is 0 Å². The Morgan fingerprint density at radius 3 is 2.21 bits per heavy atom. The standard InChI is InChI=1S/C16H19ClN2/c1-5-6-13-9-14(17)19-16(18-13)15-11(3)7-10(2)8-12(15)4/h7-9H,5-6H2,1-4H3. The third kappa shape index (κ3) is 3.13. The Kier molecular flexibility index (Phi) is 4.20. The number of aryl methyl sites for hydroxylation is 4. The molecule has 0 unspecified atom stereocenters. The van der Waals surface area contributed by atoms with Crippen LogP contribution in [0.1, 0.15) is 35.7 Å². The van der Waals surface area contributed by atoms with Crippen LogP contribution in [0, 0.1) is 20.8 Å². The van der Waals surface area contributed by atoms with E-state index in [2.05, 4.69) is 49.8 Å². The Balaban J connectivity index is 2.58. The van der Waals surface area contributed by atoms with Crippen LogP contribution < -0.4 is 0 Å². The average Bonchev–Trinajstić information content (AvgIpc) is 2.26. The van der Waals surface area contributed by atoms with Gasteiger partial charge in [0.25, 0.3) is 0 Å². The fourth-order valence-electron chi connectivity index (χ4n) is 2.49. The van der Waals surface area contributed by atoms with Crippen molar-refractivity contribution >= 4 is 11.6 Å². The second kappa shape index (κ2) is 5.70. The minimum Gasteiger partial charge on any atom is -0.233 e. The van der Waals surface area contributed by atoms with Gasteiger partial charge in [-0.15, -0.1) is 0 Å². The van der Waals surface area contributed by atoms with E-state index in [4.69, 9.17) is 11.6 Å². The molecule has 1 aromatic heterocycles. The summed E-state index contributed by atoms with van der Waals surface area (Å²) in [5.41, 5.74) is 5.77. The lowest BCUT2D eigenvalue weighted by molar-refractivity contribution is 0.874. The Morgan fingerprint density at radius 1 is 1.00 bits per heavy atom. The highest BCUT2D eigenvalue weighted by molar-refractivity contribution is 6.29. The molecule has 0 atom stereocenters. The van der Waals surface area contributed by atoms with Crippen LogP contribution in [0.25, 0.3) is 11.4 Å². The molecule has 2 aromatic rings. The second-order valence-corrected chi connectivity index (χ2v) is 5.42. The molecule has 100 valence electrons. The first-order valence-electron chi connectivity index (χ1n) is 6.63. The molecule has 0 spiro atoms. The van der Waals surface area contributed by atoms with Crippen LogP contribution in [0.5, 0.6) is 0 Å². The zero-order chi connectivity index (χ0) is 14.0. The van der Waals surface area contributed by atoms with Crippen LogP contribution in [0.4, 0.5) is 0 Å². The van der Waals surface area contributed by atoms with Crippen LogP contribution in [-0.4, -0.2) is 9.97 Å². The molecule has 0 N–H and O–H groups in total. The number of benzene rings is 1. The van der Waals surface area contributed by atoms with Crippen LogP contribution in [0.2, 0.25) is 5.15 Å². The third-order valence-electron chi connectivity index (χ3n) is 3.15. The van der Waals surface area contributed by atoms with Crippen LogP contribution in [0.15, 0.2) is 18.2 Å². The molecule has 2 nitrogen and oxygen atoms in total. The highest BCUT2D eigenvalue weighted by Crippen LogP contribution is 2.27. The maximum atomic E-state index is 6.12. The highest BCUT2D eigenvalue weighted by atomic mass is 35.5. The van der Waals surface area contributed by atoms with Gasteiger partial charge in [-0.25, -0.2) is 9.97 Å². The summed E-state index contributed by atoms with van der Waals surface area (Å²) in [6.45, 7) is 8.43. The number of nitrogens with zero attached hydrogens (tertiary/aromatic N) is 2. The van der Waals surface area contributed by atoms with Crippen LogP contribution in [-0.2, 0) is 6.42 Å². The van der Waals surface area contributed by atoms with Crippen molar-refractivity contribution in [1.29, 1.82) is 0 Å². The third-order valence-corrected chi connectivity index (χ3v) is 3.35. The molecule has 0 aliphatic rings. The molecular weight excluding hydrogens is 256 g/mol. The molecular formula is C16H19ClN2. The minimum absolute atomic E-state index is 0.521. The number of aromatic nitrogens is 2. The molecule has 3 heteroatoms. The van der Waals surface area contributed by atoms with Gasteiger partial charge >= 0.3 is 0 Å². The second-order valence-electron chi connectivity index (χ2n) is 5.03. The monoisotopic (exact) mass is 274 g/mol. The largest absolute Gasteiger partial charge is 0.233 e. The summed E-state index contributed by atoms with van der Waals surface area (Å²) in [6, 6.07) is 6.17. The normalized spacial score (nSPS) is 10.8. The van der Waals surface area contributed by atoms with Gasteiger partial charge in [-0.05, 0) is 44.4 Å². The zero-order valence-corrected chi connectivity index (χ0v) is 12.7. The maximum Gasteiger partial charge on any atom is 0.161 e. The van der Waals surface area contributed by atoms with Crippen molar-refractivity contribution in [3.8, 4) is 11.4 Å². The van der Waals surface area contributed by atoms with E-state index in [1.807, 2.05) is 6.07 Å². The van der Waals surface area contributed by atoms with E-state index in [1.54, 1.807) is 0 Å². The molecule has 19 heavy (non-hydrogen) atoms. The quantitative estimate of drug-likeness (QED) is 0.760. The van der Waals surface area contributed by atoms with Crippen LogP contribution in [0.3, 0.4) is 0 Å².